The van der Waals surface area contributed by atoms with Crippen LogP contribution in [0.1, 0.15) is 17.3 Å². The molecular weight excluding hydrogens is 302 g/mol. The number of ketones is 1. The van der Waals surface area contributed by atoms with Crippen molar-refractivity contribution in [2.75, 3.05) is 4.72 Å². The van der Waals surface area contributed by atoms with Gasteiger partial charge in [-0.1, -0.05) is 12.1 Å². The topological polar surface area (TPSA) is 80.5 Å². The van der Waals surface area contributed by atoms with E-state index in [1.54, 1.807) is 47.3 Å². The second-order valence-corrected chi connectivity index (χ2v) is 6.48. The van der Waals surface area contributed by atoms with Gasteiger partial charge in [0, 0.05) is 24.2 Å². The molecular formula is C15H13N3O3S. The van der Waals surface area contributed by atoms with Gasteiger partial charge in [0.2, 0.25) is 0 Å². The van der Waals surface area contributed by atoms with Crippen LogP contribution in [0.3, 0.4) is 0 Å². The number of carbonyl (C=O) groups excluding carboxylic acids is 1. The molecule has 0 spiro atoms. The van der Waals surface area contributed by atoms with E-state index in [-0.39, 0.29) is 10.7 Å². The van der Waals surface area contributed by atoms with Gasteiger partial charge in [-0.2, -0.15) is 0 Å². The Balaban J connectivity index is 1.95. The zero-order valence-corrected chi connectivity index (χ0v) is 12.5. The largest absolute Gasteiger partial charge is 0.305 e. The number of nitrogens with zero attached hydrogens (tertiary/aromatic N) is 2. The fourth-order valence-corrected chi connectivity index (χ4v) is 3.17. The number of hydrogen-bond donors (Lipinski definition) is 1. The van der Waals surface area contributed by atoms with Crippen LogP contribution in [-0.2, 0) is 10.0 Å². The van der Waals surface area contributed by atoms with Gasteiger partial charge < -0.3 is 4.40 Å². The lowest BCUT2D eigenvalue weighted by Crippen LogP contribution is -2.13. The number of fused-ring (bicyclic) bond motifs is 1. The van der Waals surface area contributed by atoms with Gasteiger partial charge in [0.15, 0.2) is 5.78 Å². The van der Waals surface area contributed by atoms with Crippen molar-refractivity contribution in [1.29, 1.82) is 0 Å². The number of imidazole rings is 1. The molecule has 2 aromatic heterocycles. The standard InChI is InChI=1S/C15H13N3O3S/c1-11(19)12-3-2-4-14(9-12)22(20,21)17-13-5-6-15-16-7-8-18(15)10-13/h2-10,17H,1H3. The molecule has 3 rings (SSSR count). The highest BCUT2D eigenvalue weighted by Gasteiger charge is 2.15. The number of anilines is 1. The molecule has 0 fully saturated rings. The van der Waals surface area contributed by atoms with Gasteiger partial charge >= 0.3 is 0 Å². The fraction of sp³-hybridized carbons (Fsp3) is 0.0667. The average Bonchev–Trinajstić information content (AvgIpc) is 2.94. The SMILES string of the molecule is CC(=O)c1cccc(S(=O)(=O)Nc2ccc3nccn3c2)c1. The Hall–Kier alpha value is -2.67. The number of rotatable bonds is 4. The second kappa shape index (κ2) is 5.27. The van der Waals surface area contributed by atoms with Crippen LogP contribution >= 0.6 is 0 Å². The summed E-state index contributed by atoms with van der Waals surface area (Å²) in [7, 11) is -3.76. The second-order valence-electron chi connectivity index (χ2n) is 4.80. The van der Waals surface area contributed by atoms with E-state index in [0.717, 1.165) is 5.65 Å². The summed E-state index contributed by atoms with van der Waals surface area (Å²) in [4.78, 5) is 15.5. The number of carbonyl (C=O) groups is 1. The first-order chi connectivity index (χ1) is 10.5. The van der Waals surface area contributed by atoms with E-state index in [1.807, 2.05) is 0 Å². The number of hydrogen-bond acceptors (Lipinski definition) is 4. The highest BCUT2D eigenvalue weighted by molar-refractivity contribution is 7.92. The van der Waals surface area contributed by atoms with E-state index >= 15 is 0 Å². The summed E-state index contributed by atoms with van der Waals surface area (Å²) in [6.07, 6.45) is 4.99. The molecule has 0 aliphatic heterocycles. The smallest absolute Gasteiger partial charge is 0.261 e. The van der Waals surface area contributed by atoms with Gasteiger partial charge in [-0.15, -0.1) is 0 Å². The van der Waals surface area contributed by atoms with E-state index in [1.165, 1.54) is 19.1 Å². The number of pyridine rings is 1. The zero-order chi connectivity index (χ0) is 15.7. The van der Waals surface area contributed by atoms with E-state index in [2.05, 4.69) is 9.71 Å². The third-order valence-electron chi connectivity index (χ3n) is 3.19. The summed E-state index contributed by atoms with van der Waals surface area (Å²) in [6.45, 7) is 1.39. The maximum absolute atomic E-state index is 12.4. The molecule has 0 amide bonds. The zero-order valence-electron chi connectivity index (χ0n) is 11.7. The molecule has 22 heavy (non-hydrogen) atoms. The lowest BCUT2D eigenvalue weighted by Gasteiger charge is -2.09. The number of Topliss-reactive ketones (excluding diaryl/α,β-unsaturated/α-hetero) is 1. The summed E-state index contributed by atoms with van der Waals surface area (Å²) in [6, 6.07) is 9.28. The highest BCUT2D eigenvalue weighted by Crippen LogP contribution is 2.18. The van der Waals surface area contributed by atoms with Crippen molar-refractivity contribution in [1.82, 2.24) is 9.38 Å². The fourth-order valence-electron chi connectivity index (χ4n) is 2.08. The van der Waals surface area contributed by atoms with Gasteiger partial charge in [0.1, 0.15) is 5.65 Å². The van der Waals surface area contributed by atoms with Crippen LogP contribution in [-0.4, -0.2) is 23.6 Å². The third-order valence-corrected chi connectivity index (χ3v) is 4.57. The van der Waals surface area contributed by atoms with E-state index < -0.39 is 10.0 Å². The van der Waals surface area contributed by atoms with Crippen LogP contribution in [0.2, 0.25) is 0 Å². The minimum Gasteiger partial charge on any atom is -0.305 e. The van der Waals surface area contributed by atoms with E-state index in [4.69, 9.17) is 0 Å². The number of benzene rings is 1. The van der Waals surface area contributed by atoms with E-state index in [9.17, 15) is 13.2 Å². The number of aromatic nitrogens is 2. The number of sulfonamides is 1. The molecule has 0 bridgehead atoms. The molecule has 0 saturated carbocycles. The Kier molecular flexibility index (Phi) is 3.42. The van der Waals surface area contributed by atoms with Gasteiger partial charge in [0.05, 0.1) is 10.6 Å². The Morgan fingerprint density at radius 3 is 2.82 bits per heavy atom. The molecule has 0 saturated heterocycles. The van der Waals surface area contributed by atoms with Crippen molar-refractivity contribution < 1.29 is 13.2 Å². The highest BCUT2D eigenvalue weighted by atomic mass is 32.2. The van der Waals surface area contributed by atoms with Crippen molar-refractivity contribution in [2.24, 2.45) is 0 Å². The lowest BCUT2D eigenvalue weighted by molar-refractivity contribution is 0.101. The van der Waals surface area contributed by atoms with Gasteiger partial charge in [0.25, 0.3) is 10.0 Å². The summed E-state index contributed by atoms with van der Waals surface area (Å²) < 4.78 is 29.0. The molecule has 1 N–H and O–H groups in total. The molecule has 0 aliphatic rings. The van der Waals surface area contributed by atoms with Crippen molar-refractivity contribution >= 4 is 27.1 Å². The molecule has 7 heteroatoms. The third kappa shape index (κ3) is 2.71. The molecule has 0 radical (unpaired) electrons. The molecule has 6 nitrogen and oxygen atoms in total. The van der Waals surface area contributed by atoms with Crippen LogP contribution in [0.5, 0.6) is 0 Å². The predicted molar refractivity (Wildman–Crippen MR) is 82.4 cm³/mol. The summed E-state index contributed by atoms with van der Waals surface area (Å²) in [5.74, 6) is -0.183. The molecule has 112 valence electrons. The maximum Gasteiger partial charge on any atom is 0.261 e. The van der Waals surface area contributed by atoms with Gasteiger partial charge in [-0.25, -0.2) is 13.4 Å². The lowest BCUT2D eigenvalue weighted by atomic mass is 10.2. The van der Waals surface area contributed by atoms with Crippen molar-refractivity contribution in [3.63, 3.8) is 0 Å². The first-order valence-electron chi connectivity index (χ1n) is 6.52. The minimum atomic E-state index is -3.76. The van der Waals surface area contributed by atoms with Gasteiger partial charge in [-0.05, 0) is 31.2 Å². The molecule has 3 aromatic rings. The van der Waals surface area contributed by atoms with Crippen LogP contribution < -0.4 is 4.72 Å². The van der Waals surface area contributed by atoms with Crippen molar-refractivity contribution in [3.05, 3.63) is 60.6 Å². The quantitative estimate of drug-likeness (QED) is 0.749. The van der Waals surface area contributed by atoms with Crippen LogP contribution in [0.15, 0.2) is 59.9 Å². The van der Waals surface area contributed by atoms with Crippen molar-refractivity contribution in [2.45, 2.75) is 11.8 Å². The minimum absolute atomic E-state index is 0.0472. The van der Waals surface area contributed by atoms with Crippen LogP contribution in [0, 0.1) is 0 Å². The Bertz CT molecular complexity index is 961. The first-order valence-corrected chi connectivity index (χ1v) is 8.00. The van der Waals surface area contributed by atoms with E-state index in [0.29, 0.717) is 11.3 Å². The summed E-state index contributed by atoms with van der Waals surface area (Å²) in [5, 5.41) is 0. The monoisotopic (exact) mass is 315 g/mol. The Morgan fingerprint density at radius 2 is 2.05 bits per heavy atom. The molecule has 0 atom stereocenters. The molecule has 0 unspecified atom stereocenters. The number of nitrogens with one attached hydrogen (secondary N) is 1. The Labute approximate surface area is 127 Å². The van der Waals surface area contributed by atoms with Crippen LogP contribution in [0.25, 0.3) is 5.65 Å². The normalized spacial score (nSPS) is 11.5. The molecule has 1 aromatic carbocycles. The summed E-state index contributed by atoms with van der Waals surface area (Å²) in [5.41, 5.74) is 1.49. The van der Waals surface area contributed by atoms with Crippen LogP contribution in [0.4, 0.5) is 5.69 Å². The first kappa shape index (κ1) is 14.3. The predicted octanol–water partition coefficient (Wildman–Crippen LogP) is 2.34. The maximum atomic E-state index is 12.4. The Morgan fingerprint density at radius 1 is 1.23 bits per heavy atom. The molecule has 0 aliphatic carbocycles. The average molecular weight is 315 g/mol. The van der Waals surface area contributed by atoms with Crippen molar-refractivity contribution in [3.8, 4) is 0 Å². The summed E-state index contributed by atoms with van der Waals surface area (Å²) >= 11 is 0. The molecule has 2 heterocycles. The van der Waals surface area contributed by atoms with Gasteiger partial charge in [-0.3, -0.25) is 9.52 Å².